The van der Waals surface area contributed by atoms with Crippen molar-refractivity contribution < 1.29 is 9.53 Å². The lowest BCUT2D eigenvalue weighted by atomic mass is 9.87. The van der Waals surface area contributed by atoms with E-state index in [1.807, 2.05) is 42.2 Å². The lowest BCUT2D eigenvalue weighted by molar-refractivity contribution is -0.139. The molecular weight excluding hydrogens is 324 g/mol. The largest absolute Gasteiger partial charge is 0.481 e. The van der Waals surface area contributed by atoms with Crippen molar-refractivity contribution in [3.63, 3.8) is 0 Å². The third-order valence-corrected chi connectivity index (χ3v) is 4.73. The summed E-state index contributed by atoms with van der Waals surface area (Å²) in [5.41, 5.74) is 2.35. The molecule has 1 aliphatic rings. The summed E-state index contributed by atoms with van der Waals surface area (Å²) in [6.07, 6.45) is 5.17. The predicted octanol–water partition coefficient (Wildman–Crippen LogP) is 4.34. The van der Waals surface area contributed by atoms with E-state index in [2.05, 4.69) is 31.8 Å². The number of benzene rings is 1. The lowest BCUT2D eigenvalue weighted by Gasteiger charge is -2.27. The molecule has 0 aliphatic heterocycles. The first-order chi connectivity index (χ1) is 12.3. The molecule has 4 heteroatoms. The van der Waals surface area contributed by atoms with Gasteiger partial charge >= 0.3 is 0 Å². The Bertz CT molecular complexity index is 748. The zero-order valence-electron chi connectivity index (χ0n) is 16.1. The lowest BCUT2D eigenvalue weighted by Crippen LogP contribution is -2.41. The van der Waals surface area contributed by atoms with Gasteiger partial charge in [-0.1, -0.05) is 32.9 Å². The highest BCUT2D eigenvalue weighted by Gasteiger charge is 2.35. The number of carbonyl (C=O) groups is 1. The average molecular weight is 352 g/mol. The third-order valence-electron chi connectivity index (χ3n) is 4.73. The summed E-state index contributed by atoms with van der Waals surface area (Å²) in [7, 11) is 0. The molecule has 1 aromatic carbocycles. The molecule has 0 radical (unpaired) electrons. The monoisotopic (exact) mass is 352 g/mol. The van der Waals surface area contributed by atoms with Gasteiger partial charge in [0.1, 0.15) is 5.75 Å². The topological polar surface area (TPSA) is 42.4 Å². The smallest absolute Gasteiger partial charge is 0.263 e. The number of ether oxygens (including phenoxy) is 1. The standard InChI is InChI=1S/C22H28N2O2/c1-16(26-20-7-5-6-18(14-20)22(2,3)4)21(25)24(19-8-9-19)15-17-10-12-23-13-11-17/h5-7,10-14,16,19H,8-9,15H2,1-4H3. The average Bonchev–Trinajstić information content (AvgIpc) is 3.44. The van der Waals surface area contributed by atoms with Crippen LogP contribution < -0.4 is 4.74 Å². The molecule has 1 amide bonds. The van der Waals surface area contributed by atoms with Gasteiger partial charge in [-0.25, -0.2) is 0 Å². The zero-order chi connectivity index (χ0) is 18.7. The fraction of sp³-hybridized carbons (Fsp3) is 0.455. The molecule has 1 heterocycles. The van der Waals surface area contributed by atoms with Gasteiger partial charge in [0.05, 0.1) is 0 Å². The number of aromatic nitrogens is 1. The van der Waals surface area contributed by atoms with Crippen molar-refractivity contribution >= 4 is 5.91 Å². The van der Waals surface area contributed by atoms with E-state index in [4.69, 9.17) is 4.74 Å². The Morgan fingerprint density at radius 1 is 1.23 bits per heavy atom. The van der Waals surface area contributed by atoms with Crippen molar-refractivity contribution in [3.8, 4) is 5.75 Å². The highest BCUT2D eigenvalue weighted by molar-refractivity contribution is 5.81. The minimum atomic E-state index is -0.507. The van der Waals surface area contributed by atoms with E-state index < -0.39 is 6.10 Å². The van der Waals surface area contributed by atoms with Gasteiger partial charge in [0.15, 0.2) is 6.10 Å². The molecule has 0 N–H and O–H groups in total. The third kappa shape index (κ3) is 4.63. The Morgan fingerprint density at radius 3 is 2.54 bits per heavy atom. The minimum Gasteiger partial charge on any atom is -0.481 e. The number of nitrogens with zero attached hydrogens (tertiary/aromatic N) is 2. The molecule has 4 nitrogen and oxygen atoms in total. The number of amides is 1. The molecule has 1 saturated carbocycles. The molecular formula is C22H28N2O2. The van der Waals surface area contributed by atoms with Crippen LogP contribution in [-0.2, 0) is 16.8 Å². The van der Waals surface area contributed by atoms with E-state index in [9.17, 15) is 4.79 Å². The van der Waals surface area contributed by atoms with Crippen LogP contribution in [-0.4, -0.2) is 27.9 Å². The van der Waals surface area contributed by atoms with Crippen LogP contribution in [0.2, 0.25) is 0 Å². The number of pyridine rings is 1. The van der Waals surface area contributed by atoms with Crippen molar-refractivity contribution in [2.24, 2.45) is 0 Å². The maximum atomic E-state index is 13.0. The second-order valence-corrected chi connectivity index (χ2v) is 8.09. The molecule has 1 aromatic heterocycles. The summed E-state index contributed by atoms with van der Waals surface area (Å²) >= 11 is 0. The number of hydrogen-bond acceptors (Lipinski definition) is 3. The van der Waals surface area contributed by atoms with Crippen LogP contribution in [0.1, 0.15) is 51.7 Å². The molecule has 138 valence electrons. The Morgan fingerprint density at radius 2 is 1.92 bits per heavy atom. The predicted molar refractivity (Wildman–Crippen MR) is 103 cm³/mol. The van der Waals surface area contributed by atoms with E-state index in [0.717, 1.165) is 24.2 Å². The van der Waals surface area contributed by atoms with Crippen LogP contribution in [0.3, 0.4) is 0 Å². The number of hydrogen-bond donors (Lipinski definition) is 0. The van der Waals surface area contributed by atoms with Gasteiger partial charge in [0.2, 0.25) is 0 Å². The van der Waals surface area contributed by atoms with Crippen molar-refractivity contribution in [1.29, 1.82) is 0 Å². The molecule has 0 bridgehead atoms. The number of rotatable bonds is 6. The van der Waals surface area contributed by atoms with Crippen LogP contribution >= 0.6 is 0 Å². The molecule has 1 fully saturated rings. The normalized spacial score (nSPS) is 15.4. The highest BCUT2D eigenvalue weighted by Crippen LogP contribution is 2.30. The molecule has 1 aliphatic carbocycles. The number of carbonyl (C=O) groups excluding carboxylic acids is 1. The Balaban J connectivity index is 1.70. The summed E-state index contributed by atoms with van der Waals surface area (Å²) in [5, 5.41) is 0. The first-order valence-corrected chi connectivity index (χ1v) is 9.31. The van der Waals surface area contributed by atoms with Crippen molar-refractivity contribution in [2.45, 2.75) is 64.6 Å². The first kappa shape index (κ1) is 18.4. The van der Waals surface area contributed by atoms with Gasteiger partial charge in [-0.15, -0.1) is 0 Å². The summed E-state index contributed by atoms with van der Waals surface area (Å²) in [5.74, 6) is 0.795. The Kier molecular flexibility index (Phi) is 5.30. The van der Waals surface area contributed by atoms with Gasteiger partial charge in [0.25, 0.3) is 5.91 Å². The Hall–Kier alpha value is -2.36. The fourth-order valence-electron chi connectivity index (χ4n) is 2.98. The van der Waals surface area contributed by atoms with Crippen molar-refractivity contribution in [1.82, 2.24) is 9.88 Å². The second-order valence-electron chi connectivity index (χ2n) is 8.09. The van der Waals surface area contributed by atoms with E-state index in [-0.39, 0.29) is 11.3 Å². The summed E-state index contributed by atoms with van der Waals surface area (Å²) in [4.78, 5) is 19.0. The van der Waals surface area contributed by atoms with E-state index in [1.165, 1.54) is 5.56 Å². The Labute approximate surface area is 156 Å². The second kappa shape index (κ2) is 7.48. The summed E-state index contributed by atoms with van der Waals surface area (Å²) in [6.45, 7) is 8.97. The first-order valence-electron chi connectivity index (χ1n) is 9.31. The van der Waals surface area contributed by atoms with Crippen LogP contribution in [0.15, 0.2) is 48.8 Å². The van der Waals surface area contributed by atoms with Gasteiger partial charge in [0, 0.05) is 25.0 Å². The molecule has 1 atom stereocenters. The van der Waals surface area contributed by atoms with E-state index >= 15 is 0 Å². The summed E-state index contributed by atoms with van der Waals surface area (Å²) < 4.78 is 6.01. The van der Waals surface area contributed by atoms with Gasteiger partial charge in [-0.2, -0.15) is 0 Å². The molecule has 2 aromatic rings. The quantitative estimate of drug-likeness (QED) is 0.777. The van der Waals surface area contributed by atoms with Crippen molar-refractivity contribution in [3.05, 3.63) is 59.9 Å². The summed E-state index contributed by atoms with van der Waals surface area (Å²) in [6, 6.07) is 12.3. The van der Waals surface area contributed by atoms with Gasteiger partial charge in [-0.3, -0.25) is 9.78 Å². The van der Waals surface area contributed by atoms with Crippen molar-refractivity contribution in [2.75, 3.05) is 0 Å². The molecule has 0 spiro atoms. The van der Waals surface area contributed by atoms with Gasteiger partial charge in [-0.05, 0) is 60.6 Å². The van der Waals surface area contributed by atoms with Crippen LogP contribution in [0.4, 0.5) is 0 Å². The minimum absolute atomic E-state index is 0.0467. The van der Waals surface area contributed by atoms with E-state index in [1.54, 1.807) is 12.4 Å². The maximum absolute atomic E-state index is 13.0. The molecule has 1 unspecified atom stereocenters. The van der Waals surface area contributed by atoms with Crippen LogP contribution in [0.25, 0.3) is 0 Å². The fourth-order valence-corrected chi connectivity index (χ4v) is 2.98. The molecule has 3 rings (SSSR count). The van der Waals surface area contributed by atoms with Crippen LogP contribution in [0, 0.1) is 0 Å². The highest BCUT2D eigenvalue weighted by atomic mass is 16.5. The van der Waals surface area contributed by atoms with Gasteiger partial charge < -0.3 is 9.64 Å². The SMILES string of the molecule is CC(Oc1cccc(C(C)(C)C)c1)C(=O)N(Cc1ccncc1)C1CC1. The zero-order valence-corrected chi connectivity index (χ0v) is 16.1. The van der Waals surface area contributed by atoms with E-state index in [0.29, 0.717) is 12.6 Å². The van der Waals surface area contributed by atoms with Crippen LogP contribution in [0.5, 0.6) is 5.75 Å². The molecule has 26 heavy (non-hydrogen) atoms. The maximum Gasteiger partial charge on any atom is 0.263 e. The molecule has 0 saturated heterocycles.